The van der Waals surface area contributed by atoms with E-state index in [0.717, 1.165) is 42.9 Å². The number of para-hydroxylation sites is 1. The van der Waals surface area contributed by atoms with Crippen LogP contribution in [0.25, 0.3) is 0 Å². The molecule has 0 fully saturated rings. The number of rotatable bonds is 16. The number of sulfonamides is 1. The Kier molecular flexibility index (Phi) is 11.3. The molecule has 0 radical (unpaired) electrons. The number of nitrogens with zero attached hydrogens (tertiary/aromatic N) is 1. The summed E-state index contributed by atoms with van der Waals surface area (Å²) in [4.78, 5) is 16.9. The lowest BCUT2D eigenvalue weighted by atomic mass is 9.99. The van der Waals surface area contributed by atoms with Crippen molar-refractivity contribution >= 4 is 21.9 Å². The zero-order chi connectivity index (χ0) is 28.3. The van der Waals surface area contributed by atoms with Crippen LogP contribution in [0.3, 0.4) is 0 Å². The zero-order valence-electron chi connectivity index (χ0n) is 22.6. The van der Waals surface area contributed by atoms with Crippen molar-refractivity contribution in [2.45, 2.75) is 58.2 Å². The molecule has 2 unspecified atom stereocenters. The number of nitrogens with one attached hydrogen (secondary N) is 3. The van der Waals surface area contributed by atoms with Gasteiger partial charge in [-0.05, 0) is 42.0 Å². The molecule has 0 bridgehead atoms. The summed E-state index contributed by atoms with van der Waals surface area (Å²) in [7, 11) is -3.62. The Morgan fingerprint density at radius 2 is 1.90 bits per heavy atom. The number of aliphatic hydroxyl groups is 1. The highest BCUT2D eigenvalue weighted by atomic mass is 32.2. The number of aliphatic hydroxyl groups excluding tert-OH is 1. The standard InChI is InChI=1S/C28H38N4O6S/c1-4-6-14-37-26-13-8-7-12-22(26)16-23(25(33)18-29-17-21-11-9-10-20(5-2)15-21)30-27(34)24-19-38-28(31-24)32-39(3,35)36/h7-13,15,19,23,25,29,33H,4-6,14,16-18H2,1-3H3,(H,30,34)(H,31,32). The second-order valence-corrected chi connectivity index (χ2v) is 11.1. The molecule has 1 amide bonds. The normalized spacial score (nSPS) is 13.0. The quantitative estimate of drug-likeness (QED) is 0.196. The lowest BCUT2D eigenvalue weighted by molar-refractivity contribution is 0.0824. The molecular formula is C28H38N4O6S. The van der Waals surface area contributed by atoms with Crippen LogP contribution in [-0.4, -0.2) is 56.0 Å². The number of aromatic nitrogens is 1. The summed E-state index contributed by atoms with van der Waals surface area (Å²) in [6, 6.07) is 14.7. The average molecular weight is 559 g/mol. The molecule has 39 heavy (non-hydrogen) atoms. The molecule has 0 aliphatic carbocycles. The molecule has 0 spiro atoms. The lowest BCUT2D eigenvalue weighted by Gasteiger charge is -2.25. The van der Waals surface area contributed by atoms with Gasteiger partial charge in [0.1, 0.15) is 12.0 Å². The summed E-state index contributed by atoms with van der Waals surface area (Å²) >= 11 is 0. The Hall–Kier alpha value is -3.41. The van der Waals surface area contributed by atoms with Gasteiger partial charge in [-0.25, -0.2) is 13.1 Å². The van der Waals surface area contributed by atoms with Crippen molar-refractivity contribution in [3.63, 3.8) is 0 Å². The first-order chi connectivity index (χ1) is 18.7. The fraction of sp³-hybridized carbons (Fsp3) is 0.429. The zero-order valence-corrected chi connectivity index (χ0v) is 23.5. The van der Waals surface area contributed by atoms with Crippen LogP contribution in [0, 0.1) is 0 Å². The molecule has 0 saturated carbocycles. The minimum atomic E-state index is -3.62. The fourth-order valence-electron chi connectivity index (χ4n) is 3.95. The molecule has 4 N–H and O–H groups in total. The summed E-state index contributed by atoms with van der Waals surface area (Å²) in [5.41, 5.74) is 3.06. The van der Waals surface area contributed by atoms with Crippen molar-refractivity contribution < 1.29 is 27.5 Å². The van der Waals surface area contributed by atoms with Crippen molar-refractivity contribution in [2.24, 2.45) is 0 Å². The predicted octanol–water partition coefficient (Wildman–Crippen LogP) is 3.28. The van der Waals surface area contributed by atoms with Gasteiger partial charge in [0.05, 0.1) is 25.0 Å². The monoisotopic (exact) mass is 558 g/mol. The minimum Gasteiger partial charge on any atom is -0.493 e. The highest BCUT2D eigenvalue weighted by Gasteiger charge is 2.25. The van der Waals surface area contributed by atoms with E-state index in [4.69, 9.17) is 9.15 Å². The number of benzene rings is 2. The Labute approximate surface area is 230 Å². The van der Waals surface area contributed by atoms with Crippen LogP contribution < -0.4 is 20.1 Å². The average Bonchev–Trinajstić information content (AvgIpc) is 3.36. The van der Waals surface area contributed by atoms with Gasteiger partial charge in [-0.1, -0.05) is 62.7 Å². The van der Waals surface area contributed by atoms with E-state index in [1.54, 1.807) is 0 Å². The summed E-state index contributed by atoms with van der Waals surface area (Å²) in [5, 5.41) is 17.3. The third-order valence-corrected chi connectivity index (χ3v) is 6.59. The molecule has 212 valence electrons. The number of unbranched alkanes of at least 4 members (excludes halogenated alkanes) is 1. The number of anilines is 1. The smallest absolute Gasteiger partial charge is 0.309 e. The van der Waals surface area contributed by atoms with E-state index >= 15 is 0 Å². The second-order valence-electron chi connectivity index (χ2n) is 9.38. The fourth-order valence-corrected chi connectivity index (χ4v) is 4.36. The molecule has 1 aromatic heterocycles. The van der Waals surface area contributed by atoms with Crippen molar-refractivity contribution in [1.29, 1.82) is 0 Å². The van der Waals surface area contributed by atoms with Crippen LogP contribution >= 0.6 is 0 Å². The molecular weight excluding hydrogens is 520 g/mol. The highest BCUT2D eigenvalue weighted by Crippen LogP contribution is 2.21. The molecule has 10 nitrogen and oxygen atoms in total. The van der Waals surface area contributed by atoms with Gasteiger partial charge in [0.2, 0.25) is 10.0 Å². The van der Waals surface area contributed by atoms with Gasteiger partial charge in [-0.2, -0.15) is 4.98 Å². The molecule has 11 heteroatoms. The summed E-state index contributed by atoms with van der Waals surface area (Å²) in [6.45, 7) is 5.54. The molecule has 3 aromatic rings. The number of carbonyl (C=O) groups excluding carboxylic acids is 1. The number of ether oxygens (including phenoxy) is 1. The number of hydrogen-bond acceptors (Lipinski definition) is 8. The minimum absolute atomic E-state index is 0.116. The SMILES string of the molecule is CCCCOc1ccccc1CC(NC(=O)c1coc(NS(C)(=O)=O)n1)C(O)CNCc1cccc(CC)c1. The number of carbonyl (C=O) groups is 1. The van der Waals surface area contributed by atoms with Gasteiger partial charge >= 0.3 is 6.01 Å². The Bertz CT molecular complexity index is 1310. The second kappa shape index (κ2) is 14.7. The molecule has 2 aromatic carbocycles. The molecule has 0 aliphatic heterocycles. The van der Waals surface area contributed by atoms with Gasteiger partial charge in [0, 0.05) is 13.1 Å². The van der Waals surface area contributed by atoms with Crippen LogP contribution in [-0.2, 0) is 29.4 Å². The largest absolute Gasteiger partial charge is 0.493 e. The third-order valence-electron chi connectivity index (χ3n) is 6.04. The number of hydrogen-bond donors (Lipinski definition) is 4. The van der Waals surface area contributed by atoms with E-state index in [1.807, 2.05) is 36.4 Å². The maximum atomic E-state index is 13.0. The van der Waals surface area contributed by atoms with E-state index in [2.05, 4.69) is 46.3 Å². The first kappa shape index (κ1) is 30.1. The Morgan fingerprint density at radius 3 is 2.64 bits per heavy atom. The predicted molar refractivity (Wildman–Crippen MR) is 150 cm³/mol. The Balaban J connectivity index is 1.74. The molecule has 2 atom stereocenters. The number of oxazole rings is 1. The van der Waals surface area contributed by atoms with Crippen molar-refractivity contribution in [2.75, 3.05) is 24.1 Å². The summed E-state index contributed by atoms with van der Waals surface area (Å²) in [6.07, 6.45) is 4.22. The first-order valence-electron chi connectivity index (χ1n) is 13.1. The molecule has 1 heterocycles. The molecule has 0 saturated heterocycles. The number of aryl methyl sites for hydroxylation is 1. The van der Waals surface area contributed by atoms with Gasteiger partial charge in [0.25, 0.3) is 5.91 Å². The van der Waals surface area contributed by atoms with E-state index in [1.165, 1.54) is 5.56 Å². The highest BCUT2D eigenvalue weighted by molar-refractivity contribution is 7.91. The summed E-state index contributed by atoms with van der Waals surface area (Å²) < 4.78 is 36.0. The lowest BCUT2D eigenvalue weighted by Crippen LogP contribution is -2.48. The maximum Gasteiger partial charge on any atom is 0.309 e. The first-order valence-corrected chi connectivity index (χ1v) is 15.0. The van der Waals surface area contributed by atoms with Crippen LogP contribution in [0.4, 0.5) is 6.01 Å². The van der Waals surface area contributed by atoms with Crippen molar-refractivity contribution in [1.82, 2.24) is 15.6 Å². The maximum absolute atomic E-state index is 13.0. The van der Waals surface area contributed by atoms with Crippen LogP contribution in [0.2, 0.25) is 0 Å². The van der Waals surface area contributed by atoms with Gasteiger partial charge in [-0.15, -0.1) is 0 Å². The topological polar surface area (TPSA) is 143 Å². The van der Waals surface area contributed by atoms with Gasteiger partial charge in [0.15, 0.2) is 5.69 Å². The van der Waals surface area contributed by atoms with Gasteiger partial charge in [-0.3, -0.25) is 4.79 Å². The van der Waals surface area contributed by atoms with Crippen LogP contribution in [0.1, 0.15) is 53.9 Å². The third kappa shape index (κ3) is 10.0. The van der Waals surface area contributed by atoms with Crippen LogP contribution in [0.15, 0.2) is 59.2 Å². The number of amides is 1. The van der Waals surface area contributed by atoms with E-state index in [9.17, 15) is 18.3 Å². The van der Waals surface area contributed by atoms with Crippen molar-refractivity contribution in [3.8, 4) is 5.75 Å². The van der Waals surface area contributed by atoms with E-state index < -0.39 is 28.1 Å². The van der Waals surface area contributed by atoms with Crippen LogP contribution in [0.5, 0.6) is 5.75 Å². The van der Waals surface area contributed by atoms with Gasteiger partial charge < -0.3 is 24.9 Å². The molecule has 3 rings (SSSR count). The Morgan fingerprint density at radius 1 is 1.13 bits per heavy atom. The molecule has 0 aliphatic rings. The van der Waals surface area contributed by atoms with E-state index in [-0.39, 0.29) is 18.3 Å². The van der Waals surface area contributed by atoms with Crippen molar-refractivity contribution in [3.05, 3.63) is 77.2 Å². The summed E-state index contributed by atoms with van der Waals surface area (Å²) in [5.74, 6) is 0.0900. The van der Waals surface area contributed by atoms with E-state index in [0.29, 0.717) is 25.3 Å².